The molecule has 1 N–H and O–H groups in total. The van der Waals surface area contributed by atoms with E-state index < -0.39 is 23.5 Å². The number of halogens is 3. The van der Waals surface area contributed by atoms with Crippen LogP contribution in [0.2, 0.25) is 0 Å². The standard InChI is InChI=1S/C17H13BrF2N2O2/c18-11-5-6-14(13(20)8-11)21-17(24)10-7-16(23)22(9-10)15-4-2-1-3-12(15)19/h1-6,8,10H,7,9H2,(H,21,24)/t10-/m0/s1. The number of carbonyl (C=O) groups excluding carboxylic acids is 2. The normalized spacial score (nSPS) is 17.2. The zero-order chi connectivity index (χ0) is 17.3. The molecule has 7 heteroatoms. The van der Waals surface area contributed by atoms with Gasteiger partial charge in [-0.15, -0.1) is 0 Å². The Balaban J connectivity index is 1.73. The van der Waals surface area contributed by atoms with Crippen LogP contribution in [0.1, 0.15) is 6.42 Å². The van der Waals surface area contributed by atoms with Crippen LogP contribution in [-0.4, -0.2) is 18.4 Å². The van der Waals surface area contributed by atoms with E-state index in [2.05, 4.69) is 21.2 Å². The van der Waals surface area contributed by atoms with Gasteiger partial charge in [0.05, 0.1) is 17.3 Å². The molecular formula is C17H13BrF2N2O2. The van der Waals surface area contributed by atoms with Crippen LogP contribution in [-0.2, 0) is 9.59 Å². The Morgan fingerprint density at radius 2 is 1.92 bits per heavy atom. The van der Waals surface area contributed by atoms with Crippen molar-refractivity contribution >= 4 is 39.1 Å². The fourth-order valence-corrected chi connectivity index (χ4v) is 2.95. The topological polar surface area (TPSA) is 49.4 Å². The van der Waals surface area contributed by atoms with E-state index in [0.717, 1.165) is 0 Å². The Kier molecular flexibility index (Phi) is 4.62. The lowest BCUT2D eigenvalue weighted by atomic mass is 10.1. The highest BCUT2D eigenvalue weighted by atomic mass is 79.9. The van der Waals surface area contributed by atoms with E-state index in [1.807, 2.05) is 0 Å². The van der Waals surface area contributed by atoms with Gasteiger partial charge in [0.25, 0.3) is 0 Å². The quantitative estimate of drug-likeness (QED) is 0.862. The second-order valence-electron chi connectivity index (χ2n) is 5.47. The summed E-state index contributed by atoms with van der Waals surface area (Å²) in [5.74, 6) is -2.57. The molecule has 1 aliphatic rings. The molecule has 0 spiro atoms. The zero-order valence-corrected chi connectivity index (χ0v) is 14.0. The molecule has 24 heavy (non-hydrogen) atoms. The van der Waals surface area contributed by atoms with Gasteiger partial charge in [0.15, 0.2) is 0 Å². The Morgan fingerprint density at radius 1 is 1.17 bits per heavy atom. The molecule has 1 saturated heterocycles. The lowest BCUT2D eigenvalue weighted by Gasteiger charge is -2.17. The summed E-state index contributed by atoms with van der Waals surface area (Å²) in [6.07, 6.45) is -0.0433. The predicted octanol–water partition coefficient (Wildman–Crippen LogP) is 3.72. The number of nitrogens with zero attached hydrogens (tertiary/aromatic N) is 1. The van der Waals surface area contributed by atoms with Crippen LogP contribution in [0, 0.1) is 17.6 Å². The van der Waals surface area contributed by atoms with Crippen molar-refractivity contribution in [1.82, 2.24) is 0 Å². The Morgan fingerprint density at radius 3 is 2.62 bits per heavy atom. The van der Waals surface area contributed by atoms with Gasteiger partial charge < -0.3 is 10.2 Å². The van der Waals surface area contributed by atoms with Crippen molar-refractivity contribution in [2.24, 2.45) is 5.92 Å². The summed E-state index contributed by atoms with van der Waals surface area (Å²) < 4.78 is 28.2. The van der Waals surface area contributed by atoms with Gasteiger partial charge in [0, 0.05) is 17.4 Å². The number of hydrogen-bond acceptors (Lipinski definition) is 2. The maximum Gasteiger partial charge on any atom is 0.229 e. The number of amides is 2. The minimum Gasteiger partial charge on any atom is -0.323 e. The lowest BCUT2D eigenvalue weighted by Crippen LogP contribution is -2.28. The third-order valence-electron chi connectivity index (χ3n) is 3.83. The molecule has 4 nitrogen and oxygen atoms in total. The summed E-state index contributed by atoms with van der Waals surface area (Å²) in [5, 5.41) is 2.48. The van der Waals surface area contributed by atoms with Crippen molar-refractivity contribution in [2.45, 2.75) is 6.42 Å². The van der Waals surface area contributed by atoms with E-state index >= 15 is 0 Å². The van der Waals surface area contributed by atoms with E-state index in [1.54, 1.807) is 12.1 Å². The van der Waals surface area contributed by atoms with Crippen molar-refractivity contribution in [3.8, 4) is 0 Å². The van der Waals surface area contributed by atoms with E-state index in [-0.39, 0.29) is 30.2 Å². The summed E-state index contributed by atoms with van der Waals surface area (Å²) >= 11 is 3.14. The minimum absolute atomic E-state index is 0.0417. The number of nitrogens with one attached hydrogen (secondary N) is 1. The van der Waals surface area contributed by atoms with Crippen LogP contribution in [0.15, 0.2) is 46.9 Å². The van der Waals surface area contributed by atoms with E-state index in [9.17, 15) is 18.4 Å². The van der Waals surface area contributed by atoms with Crippen LogP contribution >= 0.6 is 15.9 Å². The first-order chi connectivity index (χ1) is 11.5. The predicted molar refractivity (Wildman–Crippen MR) is 89.6 cm³/mol. The van der Waals surface area contributed by atoms with Gasteiger partial charge in [-0.2, -0.15) is 0 Å². The van der Waals surface area contributed by atoms with Crippen LogP contribution < -0.4 is 10.2 Å². The zero-order valence-electron chi connectivity index (χ0n) is 12.4. The molecule has 0 saturated carbocycles. The lowest BCUT2D eigenvalue weighted by molar-refractivity contribution is -0.122. The van der Waals surface area contributed by atoms with Gasteiger partial charge in [-0.25, -0.2) is 8.78 Å². The number of anilines is 2. The average Bonchev–Trinajstić information content (AvgIpc) is 2.92. The SMILES string of the molecule is O=C(Nc1ccc(Br)cc1F)[C@H]1CC(=O)N(c2ccccc2F)C1. The van der Waals surface area contributed by atoms with Gasteiger partial charge in [0.1, 0.15) is 11.6 Å². The van der Waals surface area contributed by atoms with Crippen LogP contribution in [0.4, 0.5) is 20.2 Å². The van der Waals surface area contributed by atoms with Gasteiger partial charge in [-0.1, -0.05) is 28.1 Å². The highest BCUT2D eigenvalue weighted by molar-refractivity contribution is 9.10. The third-order valence-corrected chi connectivity index (χ3v) is 4.32. The monoisotopic (exact) mass is 394 g/mol. The van der Waals surface area contributed by atoms with Crippen molar-refractivity contribution in [1.29, 1.82) is 0 Å². The molecule has 124 valence electrons. The first-order valence-electron chi connectivity index (χ1n) is 7.26. The van der Waals surface area contributed by atoms with Crippen molar-refractivity contribution in [2.75, 3.05) is 16.8 Å². The molecule has 2 aromatic rings. The summed E-state index contributed by atoms with van der Waals surface area (Å²) in [7, 11) is 0. The van der Waals surface area contributed by atoms with Crippen molar-refractivity contribution in [3.63, 3.8) is 0 Å². The fourth-order valence-electron chi connectivity index (χ4n) is 2.61. The molecule has 1 aliphatic heterocycles. The number of para-hydroxylation sites is 1. The largest absolute Gasteiger partial charge is 0.323 e. The Hall–Kier alpha value is -2.28. The molecule has 0 unspecified atom stereocenters. The van der Waals surface area contributed by atoms with E-state index in [1.165, 1.54) is 35.2 Å². The number of benzene rings is 2. The molecule has 1 atom stereocenters. The van der Waals surface area contributed by atoms with Crippen LogP contribution in [0.25, 0.3) is 0 Å². The fraction of sp³-hybridized carbons (Fsp3) is 0.176. The van der Waals surface area contributed by atoms with Crippen LogP contribution in [0.3, 0.4) is 0 Å². The molecular weight excluding hydrogens is 382 g/mol. The molecule has 1 heterocycles. The van der Waals surface area contributed by atoms with Crippen molar-refractivity contribution in [3.05, 3.63) is 58.6 Å². The van der Waals surface area contributed by atoms with Crippen molar-refractivity contribution < 1.29 is 18.4 Å². The molecule has 0 aromatic heterocycles. The maximum atomic E-state index is 13.8. The van der Waals surface area contributed by atoms with E-state index in [0.29, 0.717) is 4.47 Å². The Bertz CT molecular complexity index is 813. The van der Waals surface area contributed by atoms with Gasteiger partial charge in [-0.3, -0.25) is 9.59 Å². The second-order valence-corrected chi connectivity index (χ2v) is 6.39. The molecule has 0 aliphatic carbocycles. The number of rotatable bonds is 3. The highest BCUT2D eigenvalue weighted by Gasteiger charge is 2.36. The van der Waals surface area contributed by atoms with Gasteiger partial charge >= 0.3 is 0 Å². The molecule has 3 rings (SSSR count). The first kappa shape index (κ1) is 16.6. The molecule has 0 bridgehead atoms. The minimum atomic E-state index is -0.667. The van der Waals surface area contributed by atoms with Gasteiger partial charge in [-0.05, 0) is 30.3 Å². The third kappa shape index (κ3) is 3.31. The summed E-state index contributed by atoms with van der Waals surface area (Å²) in [6, 6.07) is 10.2. The molecule has 0 radical (unpaired) electrons. The van der Waals surface area contributed by atoms with Crippen LogP contribution in [0.5, 0.6) is 0 Å². The smallest absolute Gasteiger partial charge is 0.229 e. The second kappa shape index (κ2) is 6.68. The van der Waals surface area contributed by atoms with E-state index in [4.69, 9.17) is 0 Å². The average molecular weight is 395 g/mol. The summed E-state index contributed by atoms with van der Waals surface area (Å²) in [4.78, 5) is 25.6. The maximum absolute atomic E-state index is 13.8. The first-order valence-corrected chi connectivity index (χ1v) is 8.06. The van der Waals surface area contributed by atoms with Gasteiger partial charge in [0.2, 0.25) is 11.8 Å². The number of hydrogen-bond donors (Lipinski definition) is 1. The summed E-state index contributed by atoms with van der Waals surface area (Å²) in [5.41, 5.74) is 0.188. The molecule has 1 fully saturated rings. The highest BCUT2D eigenvalue weighted by Crippen LogP contribution is 2.28. The molecule has 2 amide bonds. The molecule has 2 aromatic carbocycles. The summed E-state index contributed by atoms with van der Waals surface area (Å²) in [6.45, 7) is 0.0593. The Labute approximate surface area is 145 Å². The number of carbonyl (C=O) groups is 2.